The van der Waals surface area contributed by atoms with Crippen LogP contribution in [0.1, 0.15) is 27.7 Å². The SMILES string of the molecule is Cc1c(Cl)cccc1NC1c2ccccc2C(=O)N1c1ccc(Cl)cn1. The molecule has 1 unspecified atom stereocenters. The molecule has 4 rings (SSSR count). The van der Waals surface area contributed by atoms with E-state index in [1.165, 1.54) is 6.20 Å². The number of hydrogen-bond donors (Lipinski definition) is 1. The van der Waals surface area contributed by atoms with Gasteiger partial charge in [0, 0.05) is 28.0 Å². The molecule has 1 aliphatic heterocycles. The minimum atomic E-state index is -0.385. The molecule has 0 aliphatic carbocycles. The lowest BCUT2D eigenvalue weighted by molar-refractivity contribution is 0.0992. The van der Waals surface area contributed by atoms with Crippen molar-refractivity contribution in [1.29, 1.82) is 0 Å². The van der Waals surface area contributed by atoms with Crippen LogP contribution in [0.3, 0.4) is 0 Å². The van der Waals surface area contributed by atoms with Crippen molar-refractivity contribution < 1.29 is 4.79 Å². The van der Waals surface area contributed by atoms with Crippen molar-refractivity contribution in [3.8, 4) is 0 Å². The van der Waals surface area contributed by atoms with Crippen LogP contribution in [-0.2, 0) is 0 Å². The number of aromatic nitrogens is 1. The minimum Gasteiger partial charge on any atom is -0.361 e. The number of nitrogens with zero attached hydrogens (tertiary/aromatic N) is 2. The molecule has 0 saturated heterocycles. The zero-order valence-electron chi connectivity index (χ0n) is 13.9. The van der Waals surface area contributed by atoms with E-state index in [-0.39, 0.29) is 12.1 Å². The highest BCUT2D eigenvalue weighted by molar-refractivity contribution is 6.31. The zero-order valence-corrected chi connectivity index (χ0v) is 15.4. The first-order valence-corrected chi connectivity index (χ1v) is 8.87. The maximum Gasteiger partial charge on any atom is 0.261 e. The Morgan fingerprint density at radius 2 is 1.85 bits per heavy atom. The number of hydrogen-bond acceptors (Lipinski definition) is 3. The number of halogens is 2. The summed E-state index contributed by atoms with van der Waals surface area (Å²) in [7, 11) is 0. The molecule has 1 amide bonds. The van der Waals surface area contributed by atoms with Gasteiger partial charge in [-0.15, -0.1) is 0 Å². The summed E-state index contributed by atoms with van der Waals surface area (Å²) < 4.78 is 0. The van der Waals surface area contributed by atoms with Crippen molar-refractivity contribution in [3.05, 3.63) is 87.5 Å². The third-order valence-corrected chi connectivity index (χ3v) is 5.11. The summed E-state index contributed by atoms with van der Waals surface area (Å²) in [6.07, 6.45) is 1.15. The van der Waals surface area contributed by atoms with Crippen LogP contribution in [0, 0.1) is 6.92 Å². The van der Waals surface area contributed by atoms with E-state index in [1.54, 1.807) is 17.0 Å². The molecule has 130 valence electrons. The van der Waals surface area contributed by atoms with E-state index in [9.17, 15) is 4.79 Å². The molecule has 0 fully saturated rings. The van der Waals surface area contributed by atoms with Crippen LogP contribution in [-0.4, -0.2) is 10.9 Å². The number of amides is 1. The Hall–Kier alpha value is -2.56. The molecule has 1 aliphatic rings. The number of nitrogens with one attached hydrogen (secondary N) is 1. The van der Waals surface area contributed by atoms with Gasteiger partial charge < -0.3 is 5.32 Å². The predicted molar refractivity (Wildman–Crippen MR) is 105 cm³/mol. The van der Waals surface area contributed by atoms with E-state index in [0.717, 1.165) is 16.8 Å². The molecule has 1 N–H and O–H groups in total. The zero-order chi connectivity index (χ0) is 18.3. The van der Waals surface area contributed by atoms with Gasteiger partial charge in [-0.05, 0) is 42.8 Å². The lowest BCUT2D eigenvalue weighted by Crippen LogP contribution is -2.33. The average molecular weight is 384 g/mol. The average Bonchev–Trinajstić information content (AvgIpc) is 2.92. The van der Waals surface area contributed by atoms with Crippen molar-refractivity contribution in [1.82, 2.24) is 4.98 Å². The van der Waals surface area contributed by atoms with Gasteiger partial charge in [-0.1, -0.05) is 47.5 Å². The number of fused-ring (bicyclic) bond motifs is 1. The van der Waals surface area contributed by atoms with Crippen molar-refractivity contribution in [2.24, 2.45) is 0 Å². The molecule has 0 bridgehead atoms. The first kappa shape index (κ1) is 16.9. The molecular formula is C20H15Cl2N3O. The van der Waals surface area contributed by atoms with Crippen LogP contribution < -0.4 is 10.2 Å². The molecule has 3 aromatic rings. The first-order valence-electron chi connectivity index (χ1n) is 8.12. The molecule has 1 aromatic heterocycles. The normalized spacial score (nSPS) is 15.9. The molecule has 4 nitrogen and oxygen atoms in total. The van der Waals surface area contributed by atoms with Gasteiger partial charge in [0.2, 0.25) is 0 Å². The maximum absolute atomic E-state index is 13.0. The van der Waals surface area contributed by atoms with E-state index in [1.807, 2.05) is 49.4 Å². The molecule has 0 spiro atoms. The standard InChI is InChI=1S/C20H15Cl2N3O/c1-12-16(22)7-4-8-17(12)24-19-14-5-2-3-6-15(14)20(26)25(19)18-10-9-13(21)11-23-18/h2-11,19,24H,1H3. The highest BCUT2D eigenvalue weighted by atomic mass is 35.5. The Balaban J connectivity index is 1.81. The second-order valence-corrected chi connectivity index (χ2v) is 6.90. The van der Waals surface area contributed by atoms with Crippen LogP contribution in [0.4, 0.5) is 11.5 Å². The van der Waals surface area contributed by atoms with E-state index >= 15 is 0 Å². The van der Waals surface area contributed by atoms with Gasteiger partial charge in [-0.3, -0.25) is 9.69 Å². The summed E-state index contributed by atoms with van der Waals surface area (Å²) in [4.78, 5) is 19.0. The van der Waals surface area contributed by atoms with Gasteiger partial charge >= 0.3 is 0 Å². The molecule has 2 aromatic carbocycles. The molecular weight excluding hydrogens is 369 g/mol. The van der Waals surface area contributed by atoms with E-state index in [2.05, 4.69) is 10.3 Å². The number of pyridine rings is 1. The largest absolute Gasteiger partial charge is 0.361 e. The van der Waals surface area contributed by atoms with Gasteiger partial charge in [-0.25, -0.2) is 4.98 Å². The maximum atomic E-state index is 13.0. The van der Waals surface area contributed by atoms with Crippen molar-refractivity contribution in [3.63, 3.8) is 0 Å². The Labute approximate surface area is 161 Å². The van der Waals surface area contributed by atoms with E-state index < -0.39 is 0 Å². The van der Waals surface area contributed by atoms with Crippen molar-refractivity contribution >= 4 is 40.6 Å². The quantitative estimate of drug-likeness (QED) is 0.652. The molecule has 6 heteroatoms. The monoisotopic (exact) mass is 383 g/mol. The fraction of sp³-hybridized carbons (Fsp3) is 0.100. The summed E-state index contributed by atoms with van der Waals surface area (Å²) in [6, 6.07) is 16.7. The lowest BCUT2D eigenvalue weighted by Gasteiger charge is -2.27. The number of anilines is 2. The topological polar surface area (TPSA) is 45.2 Å². The number of rotatable bonds is 3. The number of carbonyl (C=O) groups excluding carboxylic acids is 1. The Bertz CT molecular complexity index is 989. The van der Waals surface area contributed by atoms with Crippen molar-refractivity contribution in [2.75, 3.05) is 10.2 Å². The van der Waals surface area contributed by atoms with E-state index in [0.29, 0.717) is 21.4 Å². The number of carbonyl (C=O) groups is 1. The minimum absolute atomic E-state index is 0.104. The van der Waals surface area contributed by atoms with Gasteiger partial charge in [0.25, 0.3) is 5.91 Å². The van der Waals surface area contributed by atoms with Crippen LogP contribution in [0.15, 0.2) is 60.8 Å². The van der Waals surface area contributed by atoms with Gasteiger partial charge in [-0.2, -0.15) is 0 Å². The second kappa shape index (κ2) is 6.63. The lowest BCUT2D eigenvalue weighted by atomic mass is 10.1. The fourth-order valence-electron chi connectivity index (χ4n) is 3.12. The third kappa shape index (κ3) is 2.81. The highest BCUT2D eigenvalue weighted by Crippen LogP contribution is 2.38. The van der Waals surface area contributed by atoms with Crippen molar-refractivity contribution in [2.45, 2.75) is 13.1 Å². The summed E-state index contributed by atoms with van der Waals surface area (Å²) in [6.45, 7) is 1.94. The molecule has 0 saturated carbocycles. The van der Waals surface area contributed by atoms with Gasteiger partial charge in [0.15, 0.2) is 0 Å². The third-order valence-electron chi connectivity index (χ3n) is 4.48. The van der Waals surface area contributed by atoms with E-state index in [4.69, 9.17) is 23.2 Å². The Kier molecular flexibility index (Phi) is 4.31. The van der Waals surface area contributed by atoms with Crippen LogP contribution in [0.2, 0.25) is 10.0 Å². The molecule has 2 heterocycles. The molecule has 26 heavy (non-hydrogen) atoms. The first-order chi connectivity index (χ1) is 12.6. The summed E-state index contributed by atoms with van der Waals surface area (Å²) in [5.74, 6) is 0.431. The fourth-order valence-corrected chi connectivity index (χ4v) is 3.40. The summed E-state index contributed by atoms with van der Waals surface area (Å²) >= 11 is 12.2. The predicted octanol–water partition coefficient (Wildman–Crippen LogP) is 5.47. The molecule has 0 radical (unpaired) electrons. The smallest absolute Gasteiger partial charge is 0.261 e. The highest BCUT2D eigenvalue weighted by Gasteiger charge is 2.38. The Morgan fingerprint density at radius 3 is 2.62 bits per heavy atom. The van der Waals surface area contributed by atoms with Crippen LogP contribution in [0.5, 0.6) is 0 Å². The van der Waals surface area contributed by atoms with Crippen LogP contribution >= 0.6 is 23.2 Å². The molecule has 1 atom stereocenters. The second-order valence-electron chi connectivity index (χ2n) is 6.06. The summed E-state index contributed by atoms with van der Waals surface area (Å²) in [5.41, 5.74) is 3.34. The Morgan fingerprint density at radius 1 is 1.04 bits per heavy atom. The van der Waals surface area contributed by atoms with Gasteiger partial charge in [0.05, 0.1) is 5.02 Å². The number of benzene rings is 2. The van der Waals surface area contributed by atoms with Gasteiger partial charge in [0.1, 0.15) is 12.0 Å². The van der Waals surface area contributed by atoms with Crippen LogP contribution in [0.25, 0.3) is 0 Å². The summed E-state index contributed by atoms with van der Waals surface area (Å²) in [5, 5.41) is 4.64.